The predicted octanol–water partition coefficient (Wildman–Crippen LogP) is 4.11. The Hall–Kier alpha value is -2.16. The minimum atomic E-state index is 0.109. The molecular weight excluding hydrogens is 274 g/mol. The van der Waals surface area contributed by atoms with Crippen LogP contribution in [0, 0.1) is 0 Å². The van der Waals surface area contributed by atoms with Crippen molar-refractivity contribution in [3.8, 4) is 11.5 Å². The van der Waals surface area contributed by atoms with Crippen LogP contribution in [0.1, 0.15) is 31.9 Å². The molecule has 116 valence electrons. The molecule has 0 fully saturated rings. The highest BCUT2D eigenvalue weighted by atomic mass is 16.5. The van der Waals surface area contributed by atoms with Crippen molar-refractivity contribution in [3.05, 3.63) is 53.6 Å². The molecule has 0 bridgehead atoms. The summed E-state index contributed by atoms with van der Waals surface area (Å²) in [7, 11) is 0. The smallest absolute Gasteiger partial charge is 0.143 e. The zero-order valence-corrected chi connectivity index (χ0v) is 13.4. The van der Waals surface area contributed by atoms with Gasteiger partial charge in [-0.25, -0.2) is 0 Å². The van der Waals surface area contributed by atoms with E-state index in [4.69, 9.17) is 4.74 Å². The maximum absolute atomic E-state index is 9.49. The van der Waals surface area contributed by atoms with Crippen LogP contribution in [0.3, 0.4) is 0 Å². The van der Waals surface area contributed by atoms with Crippen LogP contribution in [0.2, 0.25) is 0 Å². The van der Waals surface area contributed by atoms with Crippen LogP contribution >= 0.6 is 0 Å². The molecule has 2 aromatic carbocycles. The fourth-order valence-electron chi connectivity index (χ4n) is 2.72. The number of aromatic hydroxyl groups is 1. The van der Waals surface area contributed by atoms with E-state index in [1.54, 1.807) is 12.1 Å². The topological polar surface area (TPSA) is 41.5 Å². The molecule has 1 atom stereocenters. The summed E-state index contributed by atoms with van der Waals surface area (Å²) in [4.78, 5) is 0. The van der Waals surface area contributed by atoms with E-state index in [0.29, 0.717) is 0 Å². The molecule has 2 aromatic rings. The van der Waals surface area contributed by atoms with Crippen molar-refractivity contribution in [2.45, 2.75) is 38.7 Å². The molecule has 1 aliphatic heterocycles. The molecule has 1 unspecified atom stereocenters. The van der Waals surface area contributed by atoms with Gasteiger partial charge in [-0.05, 0) is 28.7 Å². The number of hydrogen-bond acceptors (Lipinski definition) is 3. The molecule has 1 aliphatic rings. The molecule has 0 aliphatic carbocycles. The third-order valence-corrected chi connectivity index (χ3v) is 4.06. The third kappa shape index (κ3) is 3.19. The first-order chi connectivity index (χ1) is 10.4. The van der Waals surface area contributed by atoms with Gasteiger partial charge in [0.25, 0.3) is 0 Å². The number of ether oxygens (including phenoxy) is 1. The Morgan fingerprint density at radius 1 is 1.14 bits per heavy atom. The molecule has 2 N–H and O–H groups in total. The lowest BCUT2D eigenvalue weighted by molar-refractivity contribution is 0.206. The highest BCUT2D eigenvalue weighted by Crippen LogP contribution is 2.32. The zero-order chi connectivity index (χ0) is 15.7. The van der Waals surface area contributed by atoms with Gasteiger partial charge in [0.15, 0.2) is 0 Å². The van der Waals surface area contributed by atoms with Crippen LogP contribution in [0.15, 0.2) is 42.5 Å². The van der Waals surface area contributed by atoms with Crippen LogP contribution in [-0.2, 0) is 11.8 Å². The standard InChI is InChI=1S/C19H23NO2/c1-19(2,3)14-6-4-13(5-7-14)10-16-12-20-17-11-15(21)8-9-18(17)22-16/h4-9,11,16,20-21H,10,12H2,1-3H3. The molecule has 3 heteroatoms. The Morgan fingerprint density at radius 3 is 2.55 bits per heavy atom. The monoisotopic (exact) mass is 297 g/mol. The number of phenolic OH excluding ortho intramolecular Hbond substituents is 1. The fraction of sp³-hybridized carbons (Fsp3) is 0.368. The second-order valence-corrected chi connectivity index (χ2v) is 6.95. The van der Waals surface area contributed by atoms with Gasteiger partial charge in [0.05, 0.1) is 12.2 Å². The lowest BCUT2D eigenvalue weighted by atomic mass is 9.86. The van der Waals surface area contributed by atoms with E-state index in [1.807, 2.05) is 6.07 Å². The highest BCUT2D eigenvalue weighted by molar-refractivity contribution is 5.60. The SMILES string of the molecule is CC(C)(C)c1ccc(CC2CNc3cc(O)ccc3O2)cc1. The van der Waals surface area contributed by atoms with E-state index in [1.165, 1.54) is 11.1 Å². The Morgan fingerprint density at radius 2 is 1.86 bits per heavy atom. The minimum absolute atomic E-state index is 0.109. The van der Waals surface area contributed by atoms with E-state index in [9.17, 15) is 5.11 Å². The summed E-state index contributed by atoms with van der Waals surface area (Å²) in [5.74, 6) is 1.06. The van der Waals surface area contributed by atoms with Crippen LogP contribution in [-0.4, -0.2) is 17.8 Å². The lowest BCUT2D eigenvalue weighted by Gasteiger charge is -2.27. The van der Waals surface area contributed by atoms with Crippen molar-refractivity contribution in [3.63, 3.8) is 0 Å². The summed E-state index contributed by atoms with van der Waals surface area (Å²) in [6, 6.07) is 14.0. The molecule has 0 spiro atoms. The second-order valence-electron chi connectivity index (χ2n) is 6.95. The number of anilines is 1. The molecule has 0 saturated heterocycles. The Balaban J connectivity index is 1.68. The van der Waals surface area contributed by atoms with Crippen molar-refractivity contribution in [2.24, 2.45) is 0 Å². The first-order valence-corrected chi connectivity index (χ1v) is 7.75. The zero-order valence-electron chi connectivity index (χ0n) is 13.4. The Bertz CT molecular complexity index is 656. The summed E-state index contributed by atoms with van der Waals surface area (Å²) in [5, 5.41) is 12.8. The van der Waals surface area contributed by atoms with Crippen LogP contribution in [0.4, 0.5) is 5.69 Å². The number of fused-ring (bicyclic) bond motifs is 1. The summed E-state index contributed by atoms with van der Waals surface area (Å²) in [6.07, 6.45) is 0.982. The van der Waals surface area contributed by atoms with E-state index in [-0.39, 0.29) is 17.3 Å². The summed E-state index contributed by atoms with van der Waals surface area (Å²) >= 11 is 0. The van der Waals surface area contributed by atoms with Gasteiger partial charge in [-0.2, -0.15) is 0 Å². The Labute approximate surface area is 131 Å². The summed E-state index contributed by atoms with van der Waals surface area (Å²) in [6.45, 7) is 7.42. The van der Waals surface area contributed by atoms with Gasteiger partial charge in [0.1, 0.15) is 17.6 Å². The second kappa shape index (κ2) is 5.56. The molecule has 22 heavy (non-hydrogen) atoms. The number of phenols is 1. The van der Waals surface area contributed by atoms with Crippen molar-refractivity contribution in [1.29, 1.82) is 0 Å². The minimum Gasteiger partial charge on any atom is -0.508 e. The first kappa shape index (κ1) is 14.8. The highest BCUT2D eigenvalue weighted by Gasteiger charge is 2.20. The van der Waals surface area contributed by atoms with Crippen LogP contribution < -0.4 is 10.1 Å². The average molecular weight is 297 g/mol. The van der Waals surface area contributed by atoms with Gasteiger partial charge < -0.3 is 15.2 Å². The largest absolute Gasteiger partial charge is 0.508 e. The number of nitrogens with one attached hydrogen (secondary N) is 1. The van der Waals surface area contributed by atoms with Crippen molar-refractivity contribution < 1.29 is 9.84 Å². The van der Waals surface area contributed by atoms with Gasteiger partial charge >= 0.3 is 0 Å². The first-order valence-electron chi connectivity index (χ1n) is 7.75. The molecular formula is C19H23NO2. The molecule has 0 radical (unpaired) electrons. The Kier molecular flexibility index (Phi) is 3.73. The van der Waals surface area contributed by atoms with E-state index in [0.717, 1.165) is 24.4 Å². The molecule has 0 amide bonds. The third-order valence-electron chi connectivity index (χ3n) is 4.06. The van der Waals surface area contributed by atoms with Gasteiger partial charge in [0, 0.05) is 12.5 Å². The maximum atomic E-state index is 9.49. The summed E-state index contributed by atoms with van der Waals surface area (Å²) < 4.78 is 6.01. The van der Waals surface area contributed by atoms with Crippen molar-refractivity contribution in [2.75, 3.05) is 11.9 Å². The van der Waals surface area contributed by atoms with Gasteiger partial charge in [-0.15, -0.1) is 0 Å². The maximum Gasteiger partial charge on any atom is 0.143 e. The summed E-state index contributed by atoms with van der Waals surface area (Å²) in [5.41, 5.74) is 3.67. The predicted molar refractivity (Wildman–Crippen MR) is 89.9 cm³/mol. The molecule has 1 heterocycles. The fourth-order valence-corrected chi connectivity index (χ4v) is 2.72. The van der Waals surface area contributed by atoms with Gasteiger partial charge in [-0.3, -0.25) is 0 Å². The van der Waals surface area contributed by atoms with E-state index >= 15 is 0 Å². The van der Waals surface area contributed by atoms with E-state index < -0.39 is 0 Å². The lowest BCUT2D eigenvalue weighted by Crippen LogP contribution is -2.32. The molecule has 0 aromatic heterocycles. The molecule has 3 rings (SSSR count). The van der Waals surface area contributed by atoms with Crippen LogP contribution in [0.25, 0.3) is 0 Å². The van der Waals surface area contributed by atoms with Gasteiger partial charge in [0.2, 0.25) is 0 Å². The number of rotatable bonds is 2. The molecule has 3 nitrogen and oxygen atoms in total. The molecule has 0 saturated carbocycles. The van der Waals surface area contributed by atoms with E-state index in [2.05, 4.69) is 50.4 Å². The quantitative estimate of drug-likeness (QED) is 0.876. The number of hydrogen-bond donors (Lipinski definition) is 2. The number of benzene rings is 2. The van der Waals surface area contributed by atoms with Crippen molar-refractivity contribution in [1.82, 2.24) is 0 Å². The van der Waals surface area contributed by atoms with Crippen LogP contribution in [0.5, 0.6) is 11.5 Å². The average Bonchev–Trinajstić information content (AvgIpc) is 2.47. The van der Waals surface area contributed by atoms with Crippen molar-refractivity contribution >= 4 is 5.69 Å². The van der Waals surface area contributed by atoms with Gasteiger partial charge in [-0.1, -0.05) is 45.0 Å². The normalized spacial score (nSPS) is 17.3.